The molecular weight excluding hydrogens is 418 g/mol. The van der Waals surface area contributed by atoms with E-state index >= 15 is 0 Å². The van der Waals surface area contributed by atoms with E-state index in [-0.39, 0.29) is 0 Å². The number of nitrogens with zero attached hydrogens (tertiary/aromatic N) is 2. The van der Waals surface area contributed by atoms with Gasteiger partial charge in [-0.25, -0.2) is 9.66 Å². The summed E-state index contributed by atoms with van der Waals surface area (Å²) >= 11 is 0. The van der Waals surface area contributed by atoms with Gasteiger partial charge in [-0.05, 0) is 68.6 Å². The molecule has 172 valence electrons. The number of imidazole rings is 1. The molecule has 1 aromatic heterocycles. The van der Waals surface area contributed by atoms with Gasteiger partial charge in [0.1, 0.15) is 17.3 Å². The molecule has 0 saturated carbocycles. The van der Waals surface area contributed by atoms with E-state index < -0.39 is 5.91 Å². The van der Waals surface area contributed by atoms with Gasteiger partial charge in [0.15, 0.2) is 17.2 Å². The largest absolute Gasteiger partial charge is 0.493 e. The maximum Gasteiger partial charge on any atom is 0.269 e. The van der Waals surface area contributed by atoms with Gasteiger partial charge in [0.25, 0.3) is 5.91 Å². The highest BCUT2D eigenvalue weighted by atomic mass is 16.5. The standard InChI is InChI=1S/C25H29N5O3/c1-32-21-15-17(7-8-20(21)33-18-5-3-2-4-6-18)22-23(24(26)31)30-25(29-22)19(11-14-28-30)16-9-12-27-13-10-16/h2-8,15-16,19,27-28H,9-14H2,1H3,(H2,26,31). The number of carbonyl (C=O) groups is 1. The van der Waals surface area contributed by atoms with Crippen LogP contribution < -0.4 is 25.9 Å². The highest BCUT2D eigenvalue weighted by Gasteiger charge is 2.35. The molecule has 1 saturated heterocycles. The van der Waals surface area contributed by atoms with Gasteiger partial charge < -0.3 is 25.9 Å². The van der Waals surface area contributed by atoms with Crippen molar-refractivity contribution in [2.75, 3.05) is 32.2 Å². The van der Waals surface area contributed by atoms with Crippen LogP contribution in [0, 0.1) is 5.92 Å². The molecule has 3 aromatic rings. The summed E-state index contributed by atoms with van der Waals surface area (Å²) in [5.74, 6) is 3.07. The summed E-state index contributed by atoms with van der Waals surface area (Å²) in [6.45, 7) is 2.82. The summed E-state index contributed by atoms with van der Waals surface area (Å²) in [6, 6.07) is 15.1. The van der Waals surface area contributed by atoms with Crippen molar-refractivity contribution in [2.45, 2.75) is 25.2 Å². The smallest absolute Gasteiger partial charge is 0.269 e. The average Bonchev–Trinajstić information content (AvgIpc) is 3.25. The van der Waals surface area contributed by atoms with Crippen molar-refractivity contribution in [1.82, 2.24) is 15.0 Å². The number of rotatable bonds is 6. The zero-order valence-corrected chi connectivity index (χ0v) is 18.7. The molecule has 0 spiro atoms. The first kappa shape index (κ1) is 21.3. The maximum absolute atomic E-state index is 12.5. The molecule has 33 heavy (non-hydrogen) atoms. The van der Waals surface area contributed by atoms with Crippen molar-refractivity contribution in [3.05, 3.63) is 60.0 Å². The van der Waals surface area contributed by atoms with Crippen LogP contribution in [0.15, 0.2) is 48.5 Å². The maximum atomic E-state index is 12.5. The lowest BCUT2D eigenvalue weighted by Crippen LogP contribution is -2.37. The molecule has 0 bridgehead atoms. The third-order valence-corrected chi connectivity index (χ3v) is 6.55. The van der Waals surface area contributed by atoms with Crippen LogP contribution in [-0.2, 0) is 0 Å². The molecule has 0 radical (unpaired) electrons. The molecule has 8 nitrogen and oxygen atoms in total. The third-order valence-electron chi connectivity index (χ3n) is 6.55. The molecule has 4 N–H and O–H groups in total. The van der Waals surface area contributed by atoms with Crippen molar-refractivity contribution < 1.29 is 14.3 Å². The Balaban J connectivity index is 1.53. The summed E-state index contributed by atoms with van der Waals surface area (Å²) in [7, 11) is 1.60. The number of nitrogens with one attached hydrogen (secondary N) is 2. The van der Waals surface area contributed by atoms with Gasteiger partial charge in [-0.2, -0.15) is 0 Å². The number of benzene rings is 2. The average molecular weight is 448 g/mol. The number of amides is 1. The summed E-state index contributed by atoms with van der Waals surface area (Å²) in [5, 5.41) is 3.43. The molecule has 1 fully saturated rings. The minimum atomic E-state index is -0.509. The molecule has 8 heteroatoms. The van der Waals surface area contributed by atoms with Crippen molar-refractivity contribution >= 4 is 5.91 Å². The van der Waals surface area contributed by atoms with Crippen molar-refractivity contribution in [3.8, 4) is 28.5 Å². The zero-order chi connectivity index (χ0) is 22.8. The van der Waals surface area contributed by atoms with E-state index in [1.54, 1.807) is 7.11 Å². The molecule has 5 rings (SSSR count). The number of aromatic nitrogens is 2. The van der Waals surface area contributed by atoms with Gasteiger partial charge in [0, 0.05) is 18.0 Å². The number of carbonyl (C=O) groups excluding carboxylic acids is 1. The first-order valence-electron chi connectivity index (χ1n) is 11.4. The van der Waals surface area contributed by atoms with Crippen LogP contribution in [0.1, 0.15) is 41.5 Å². The SMILES string of the molecule is COc1cc(-c2nc3n(c2C(N)=O)NCCC3C2CCNCC2)ccc1Oc1ccccc1. The quantitative estimate of drug-likeness (QED) is 0.535. The van der Waals surface area contributed by atoms with E-state index in [0.29, 0.717) is 40.5 Å². The third kappa shape index (κ3) is 4.14. The van der Waals surface area contributed by atoms with Crippen LogP contribution in [0.2, 0.25) is 0 Å². The van der Waals surface area contributed by atoms with Crippen molar-refractivity contribution in [2.24, 2.45) is 11.7 Å². The summed E-state index contributed by atoms with van der Waals surface area (Å²) < 4.78 is 13.4. The van der Waals surface area contributed by atoms with Crippen LogP contribution in [0.4, 0.5) is 0 Å². The molecular formula is C25H29N5O3. The Bertz CT molecular complexity index is 1140. The number of fused-ring (bicyclic) bond motifs is 1. The van der Waals surface area contributed by atoms with Gasteiger partial charge in [0.2, 0.25) is 0 Å². The fourth-order valence-corrected chi connectivity index (χ4v) is 4.94. The van der Waals surface area contributed by atoms with Crippen LogP contribution in [-0.4, -0.2) is 42.3 Å². The molecule has 2 aliphatic rings. The summed E-state index contributed by atoms with van der Waals surface area (Å²) in [6.07, 6.45) is 3.21. The van der Waals surface area contributed by atoms with E-state index in [2.05, 4.69) is 10.7 Å². The minimum absolute atomic E-state index is 0.294. The number of piperidine rings is 1. The van der Waals surface area contributed by atoms with Gasteiger partial charge in [-0.15, -0.1) is 0 Å². The lowest BCUT2D eigenvalue weighted by atomic mass is 9.82. The normalized spacial score (nSPS) is 18.3. The Hall–Kier alpha value is -3.52. The second-order valence-electron chi connectivity index (χ2n) is 8.54. The number of para-hydroxylation sites is 1. The van der Waals surface area contributed by atoms with Gasteiger partial charge in [-0.3, -0.25) is 4.79 Å². The van der Waals surface area contributed by atoms with Crippen molar-refractivity contribution in [1.29, 1.82) is 0 Å². The minimum Gasteiger partial charge on any atom is -0.493 e. The molecule has 1 amide bonds. The second kappa shape index (κ2) is 9.15. The first-order chi connectivity index (χ1) is 16.2. The highest BCUT2D eigenvalue weighted by molar-refractivity contribution is 5.98. The molecule has 1 unspecified atom stereocenters. The molecule has 2 aliphatic heterocycles. The fourth-order valence-electron chi connectivity index (χ4n) is 4.94. The van der Waals surface area contributed by atoms with Crippen LogP contribution in [0.5, 0.6) is 17.2 Å². The van der Waals surface area contributed by atoms with E-state index in [0.717, 1.165) is 50.3 Å². The number of hydrogen-bond acceptors (Lipinski definition) is 6. The first-order valence-corrected chi connectivity index (χ1v) is 11.4. The number of primary amides is 1. The van der Waals surface area contributed by atoms with E-state index in [9.17, 15) is 4.79 Å². The Morgan fingerprint density at radius 3 is 2.58 bits per heavy atom. The fraction of sp³-hybridized carbons (Fsp3) is 0.360. The van der Waals surface area contributed by atoms with E-state index in [1.165, 1.54) is 0 Å². The number of hydrogen-bond donors (Lipinski definition) is 3. The molecule has 3 heterocycles. The lowest BCUT2D eigenvalue weighted by molar-refractivity contribution is 0.0992. The molecule has 2 aromatic carbocycles. The van der Waals surface area contributed by atoms with Crippen LogP contribution >= 0.6 is 0 Å². The zero-order valence-electron chi connectivity index (χ0n) is 18.7. The number of nitrogens with two attached hydrogens (primary N) is 1. The predicted octanol–water partition coefficient (Wildman–Crippen LogP) is 3.48. The Morgan fingerprint density at radius 1 is 1.06 bits per heavy atom. The topological polar surface area (TPSA) is 103 Å². The van der Waals surface area contributed by atoms with Gasteiger partial charge in [0.05, 0.1) is 7.11 Å². The Morgan fingerprint density at radius 2 is 1.85 bits per heavy atom. The van der Waals surface area contributed by atoms with Crippen LogP contribution in [0.25, 0.3) is 11.3 Å². The molecule has 1 atom stereocenters. The summed E-state index contributed by atoms with van der Waals surface area (Å²) in [5.41, 5.74) is 10.9. The predicted molar refractivity (Wildman–Crippen MR) is 126 cm³/mol. The number of ether oxygens (including phenoxy) is 2. The second-order valence-corrected chi connectivity index (χ2v) is 8.54. The van der Waals surface area contributed by atoms with Crippen molar-refractivity contribution in [3.63, 3.8) is 0 Å². The lowest BCUT2D eigenvalue weighted by Gasteiger charge is -2.34. The Kier molecular flexibility index (Phi) is 5.92. The Labute approximate surface area is 193 Å². The summed E-state index contributed by atoms with van der Waals surface area (Å²) in [4.78, 5) is 17.5. The van der Waals surface area contributed by atoms with E-state index in [1.807, 2.05) is 53.2 Å². The monoisotopic (exact) mass is 447 g/mol. The van der Waals surface area contributed by atoms with Gasteiger partial charge in [-0.1, -0.05) is 18.2 Å². The number of methoxy groups -OCH3 is 1. The van der Waals surface area contributed by atoms with E-state index in [4.69, 9.17) is 20.2 Å². The van der Waals surface area contributed by atoms with Crippen LogP contribution in [0.3, 0.4) is 0 Å². The molecule has 0 aliphatic carbocycles. The van der Waals surface area contributed by atoms with Gasteiger partial charge >= 0.3 is 0 Å². The highest BCUT2D eigenvalue weighted by Crippen LogP contribution is 2.40.